The molecule has 1 aliphatic carbocycles. The molecule has 0 amide bonds. The normalized spacial score (nSPS) is 37.3. The van der Waals surface area contributed by atoms with E-state index in [9.17, 15) is 14.7 Å². The Labute approximate surface area is 130 Å². The Morgan fingerprint density at radius 2 is 2.14 bits per heavy atom. The summed E-state index contributed by atoms with van der Waals surface area (Å²) in [5.74, 6) is -1.31. The lowest BCUT2D eigenvalue weighted by molar-refractivity contribution is -0.144. The largest absolute Gasteiger partial charge is 0.458 e. The average Bonchev–Trinajstić information content (AvgIpc) is 2.68. The van der Waals surface area contributed by atoms with Crippen LogP contribution in [0.25, 0.3) is 0 Å². The fourth-order valence-electron chi connectivity index (χ4n) is 2.94. The molecule has 1 fully saturated rings. The van der Waals surface area contributed by atoms with Gasteiger partial charge in [-0.3, -0.25) is 4.79 Å². The summed E-state index contributed by atoms with van der Waals surface area (Å²) in [5, 5.41) is 10.4. The Balaban J connectivity index is 2.37. The third-order valence-corrected chi connectivity index (χ3v) is 4.13. The Kier molecular flexibility index (Phi) is 4.86. The molecule has 0 aromatic carbocycles. The molecular formula is C17H22O5. The molecule has 0 radical (unpaired) electrons. The van der Waals surface area contributed by atoms with E-state index in [-0.39, 0.29) is 5.97 Å². The van der Waals surface area contributed by atoms with Crippen molar-refractivity contribution in [1.29, 1.82) is 0 Å². The van der Waals surface area contributed by atoms with E-state index in [1.807, 2.05) is 19.9 Å². The number of ether oxygens (including phenoxy) is 2. The molecule has 5 nitrogen and oxygen atoms in total. The minimum Gasteiger partial charge on any atom is -0.458 e. The summed E-state index contributed by atoms with van der Waals surface area (Å²) in [6.07, 6.45) is 2.98. The van der Waals surface area contributed by atoms with Gasteiger partial charge in [0.2, 0.25) is 0 Å². The van der Waals surface area contributed by atoms with Crippen LogP contribution in [0.2, 0.25) is 0 Å². The molecule has 120 valence electrons. The maximum Gasteiger partial charge on any atom is 0.334 e. The van der Waals surface area contributed by atoms with Crippen LogP contribution in [-0.2, 0) is 19.1 Å². The molecule has 2 rings (SSSR count). The number of aliphatic hydroxyl groups is 1. The van der Waals surface area contributed by atoms with Gasteiger partial charge < -0.3 is 14.6 Å². The van der Waals surface area contributed by atoms with Crippen LogP contribution in [0.4, 0.5) is 0 Å². The number of aliphatic hydroxyl groups excluding tert-OH is 1. The molecule has 22 heavy (non-hydrogen) atoms. The summed E-state index contributed by atoms with van der Waals surface area (Å²) >= 11 is 0. The van der Waals surface area contributed by atoms with Crippen molar-refractivity contribution >= 4 is 11.9 Å². The zero-order valence-electron chi connectivity index (χ0n) is 13.2. The highest BCUT2D eigenvalue weighted by molar-refractivity contribution is 5.91. The predicted molar refractivity (Wildman–Crippen MR) is 80.8 cm³/mol. The van der Waals surface area contributed by atoms with E-state index in [0.29, 0.717) is 18.4 Å². The summed E-state index contributed by atoms with van der Waals surface area (Å²) < 4.78 is 10.6. The van der Waals surface area contributed by atoms with Gasteiger partial charge >= 0.3 is 11.9 Å². The van der Waals surface area contributed by atoms with Crippen LogP contribution in [0.1, 0.15) is 33.6 Å². The lowest BCUT2D eigenvalue weighted by Gasteiger charge is -2.25. The van der Waals surface area contributed by atoms with Gasteiger partial charge in [0, 0.05) is 18.9 Å². The van der Waals surface area contributed by atoms with Crippen molar-refractivity contribution in [1.82, 2.24) is 0 Å². The van der Waals surface area contributed by atoms with Crippen LogP contribution in [0, 0.1) is 5.92 Å². The minimum absolute atomic E-state index is 0.291. The number of fused-ring (bicyclic) bond motifs is 1. The first-order valence-electron chi connectivity index (χ1n) is 7.38. The third kappa shape index (κ3) is 3.47. The van der Waals surface area contributed by atoms with Gasteiger partial charge in [-0.15, -0.1) is 0 Å². The maximum absolute atomic E-state index is 11.8. The summed E-state index contributed by atoms with van der Waals surface area (Å²) in [6, 6.07) is 0. The standard InChI is InChI=1S/C17H22O5/c1-9-5-6-14(21-12(4)18)10(2)8-15-16(13(19)7-9)11(3)17(20)22-15/h5,8,13-16,19H,3,6-7H2,1-2,4H3/b9-5+,10-8-/t13-,14-,15?,16-/m1/s1. The van der Waals surface area contributed by atoms with Gasteiger partial charge in [-0.1, -0.05) is 18.2 Å². The van der Waals surface area contributed by atoms with Crippen LogP contribution in [0.3, 0.4) is 0 Å². The van der Waals surface area contributed by atoms with Crippen molar-refractivity contribution in [3.63, 3.8) is 0 Å². The van der Waals surface area contributed by atoms with Gasteiger partial charge in [0.1, 0.15) is 12.2 Å². The highest BCUT2D eigenvalue weighted by atomic mass is 16.6. The van der Waals surface area contributed by atoms with Crippen LogP contribution in [0.5, 0.6) is 0 Å². The predicted octanol–water partition coefficient (Wildman–Crippen LogP) is 2.06. The molecule has 1 unspecified atom stereocenters. The number of hydrogen-bond acceptors (Lipinski definition) is 5. The summed E-state index contributed by atoms with van der Waals surface area (Å²) in [4.78, 5) is 23.0. The number of carbonyl (C=O) groups excluding carboxylic acids is 2. The van der Waals surface area contributed by atoms with Gasteiger partial charge in [0.25, 0.3) is 0 Å². The van der Waals surface area contributed by atoms with E-state index in [2.05, 4.69) is 6.58 Å². The fourth-order valence-corrected chi connectivity index (χ4v) is 2.94. The Morgan fingerprint density at radius 1 is 1.45 bits per heavy atom. The van der Waals surface area contributed by atoms with Crippen molar-refractivity contribution in [3.8, 4) is 0 Å². The van der Waals surface area contributed by atoms with E-state index < -0.39 is 30.2 Å². The molecular weight excluding hydrogens is 284 g/mol. The second kappa shape index (κ2) is 6.48. The van der Waals surface area contributed by atoms with Crippen molar-refractivity contribution in [2.75, 3.05) is 0 Å². The monoisotopic (exact) mass is 306 g/mol. The number of esters is 2. The number of hydrogen-bond donors (Lipinski definition) is 1. The molecule has 1 saturated heterocycles. The molecule has 1 aliphatic heterocycles. The van der Waals surface area contributed by atoms with E-state index in [1.54, 1.807) is 6.08 Å². The lowest BCUT2D eigenvalue weighted by Crippen LogP contribution is -2.30. The molecule has 0 bridgehead atoms. The summed E-state index contributed by atoms with van der Waals surface area (Å²) in [5.41, 5.74) is 2.06. The molecule has 1 heterocycles. The van der Waals surface area contributed by atoms with Gasteiger partial charge in [-0.2, -0.15) is 0 Å². The second-order valence-electron chi connectivity index (χ2n) is 5.99. The van der Waals surface area contributed by atoms with Gasteiger partial charge in [-0.25, -0.2) is 4.79 Å². The molecule has 0 aromatic rings. The maximum atomic E-state index is 11.8. The fraction of sp³-hybridized carbons (Fsp3) is 0.529. The molecule has 5 heteroatoms. The highest BCUT2D eigenvalue weighted by Crippen LogP contribution is 2.34. The molecule has 0 spiro atoms. The van der Waals surface area contributed by atoms with E-state index in [0.717, 1.165) is 11.1 Å². The van der Waals surface area contributed by atoms with Crippen molar-refractivity contribution < 1.29 is 24.2 Å². The van der Waals surface area contributed by atoms with Crippen molar-refractivity contribution in [2.24, 2.45) is 5.92 Å². The highest BCUT2D eigenvalue weighted by Gasteiger charge is 2.42. The summed E-state index contributed by atoms with van der Waals surface area (Å²) in [7, 11) is 0. The Hall–Kier alpha value is -1.88. The number of rotatable bonds is 1. The third-order valence-electron chi connectivity index (χ3n) is 4.13. The van der Waals surface area contributed by atoms with Crippen LogP contribution < -0.4 is 0 Å². The first-order chi connectivity index (χ1) is 10.3. The minimum atomic E-state index is -0.727. The SMILES string of the molecule is C=C1C(=O)OC2/C=C(/C)[C@H](OC(C)=O)C/C=C(\C)C[C@@H](O)[C@@H]12. The Bertz CT molecular complexity index is 557. The molecule has 0 saturated carbocycles. The van der Waals surface area contributed by atoms with Crippen LogP contribution in [-0.4, -0.2) is 35.4 Å². The summed E-state index contributed by atoms with van der Waals surface area (Å²) in [6.45, 7) is 8.85. The molecule has 2 aliphatic rings. The first kappa shape index (κ1) is 16.5. The average molecular weight is 306 g/mol. The zero-order chi connectivity index (χ0) is 16.4. The lowest BCUT2D eigenvalue weighted by atomic mass is 9.85. The first-order valence-corrected chi connectivity index (χ1v) is 7.38. The molecule has 1 N–H and O–H groups in total. The second-order valence-corrected chi connectivity index (χ2v) is 5.99. The quantitative estimate of drug-likeness (QED) is 0.456. The topological polar surface area (TPSA) is 72.8 Å². The van der Waals surface area contributed by atoms with Crippen molar-refractivity contribution in [3.05, 3.63) is 35.5 Å². The molecule has 0 aromatic heterocycles. The van der Waals surface area contributed by atoms with Crippen molar-refractivity contribution in [2.45, 2.75) is 51.9 Å². The van der Waals surface area contributed by atoms with E-state index in [1.165, 1.54) is 6.92 Å². The van der Waals surface area contributed by atoms with Gasteiger partial charge in [0.05, 0.1) is 12.0 Å². The Morgan fingerprint density at radius 3 is 2.77 bits per heavy atom. The van der Waals surface area contributed by atoms with E-state index >= 15 is 0 Å². The van der Waals surface area contributed by atoms with Crippen LogP contribution in [0.15, 0.2) is 35.5 Å². The van der Waals surface area contributed by atoms with Crippen LogP contribution >= 0.6 is 0 Å². The van der Waals surface area contributed by atoms with Gasteiger partial charge in [0.15, 0.2) is 0 Å². The van der Waals surface area contributed by atoms with E-state index in [4.69, 9.17) is 9.47 Å². The smallest absolute Gasteiger partial charge is 0.334 e. The number of carbonyl (C=O) groups is 2. The zero-order valence-corrected chi connectivity index (χ0v) is 13.2. The molecule has 4 atom stereocenters. The van der Waals surface area contributed by atoms with Gasteiger partial charge in [-0.05, 0) is 31.9 Å².